The quantitative estimate of drug-likeness (QED) is 0.154. The highest BCUT2D eigenvalue weighted by molar-refractivity contribution is 5.89. The van der Waals surface area contributed by atoms with Gasteiger partial charge in [0, 0.05) is 27.8 Å². The van der Waals surface area contributed by atoms with Crippen LogP contribution in [0.4, 0.5) is 0 Å². The zero-order chi connectivity index (χ0) is 39.8. The molecule has 11 aromatic rings. The molecule has 0 atom stereocenters. The Bertz CT molecular complexity index is 3140. The van der Waals surface area contributed by atoms with Gasteiger partial charge in [0.05, 0.1) is 33.4 Å². The molecule has 0 fully saturated rings. The lowest BCUT2D eigenvalue weighted by Crippen LogP contribution is -2.06. The summed E-state index contributed by atoms with van der Waals surface area (Å²) in [5, 5.41) is 0. The highest BCUT2D eigenvalue weighted by atomic mass is 15.1. The average Bonchev–Trinajstić information content (AvgIpc) is 3.92. The molecule has 282 valence electrons. The predicted octanol–water partition coefficient (Wildman–Crippen LogP) is 12.6. The van der Waals surface area contributed by atoms with E-state index in [9.17, 15) is 0 Å². The van der Waals surface area contributed by atoms with E-state index in [1.165, 1.54) is 0 Å². The monoisotopic (exact) mass is 769 g/mol. The van der Waals surface area contributed by atoms with Crippen LogP contribution in [0.1, 0.15) is 0 Å². The highest BCUT2D eigenvalue weighted by Crippen LogP contribution is 2.38. The van der Waals surface area contributed by atoms with Crippen molar-refractivity contribution >= 4 is 22.1 Å². The molecule has 0 bridgehead atoms. The van der Waals surface area contributed by atoms with Gasteiger partial charge >= 0.3 is 0 Å². The lowest BCUT2D eigenvalue weighted by atomic mass is 9.99. The van der Waals surface area contributed by atoms with Crippen LogP contribution in [-0.2, 0) is 0 Å². The number of benzene rings is 8. The third-order valence-corrected chi connectivity index (χ3v) is 10.8. The second-order valence-corrected chi connectivity index (χ2v) is 14.5. The van der Waals surface area contributed by atoms with E-state index in [2.05, 4.69) is 149 Å². The van der Waals surface area contributed by atoms with Crippen molar-refractivity contribution in [3.05, 3.63) is 212 Å². The first-order valence-corrected chi connectivity index (χ1v) is 19.9. The number of nitrogens with zero attached hydrogens (tertiary/aromatic N) is 7. The number of fused-ring (bicyclic) bond motifs is 2. The third-order valence-electron chi connectivity index (χ3n) is 10.8. The van der Waals surface area contributed by atoms with Gasteiger partial charge in [0.25, 0.3) is 0 Å². The van der Waals surface area contributed by atoms with Gasteiger partial charge in [-0.25, -0.2) is 24.9 Å². The maximum atomic E-state index is 5.42. The van der Waals surface area contributed by atoms with Crippen molar-refractivity contribution in [3.63, 3.8) is 0 Å². The molecule has 0 aliphatic rings. The van der Waals surface area contributed by atoms with Crippen LogP contribution in [0, 0.1) is 0 Å². The van der Waals surface area contributed by atoms with Crippen LogP contribution >= 0.6 is 0 Å². The van der Waals surface area contributed by atoms with Gasteiger partial charge in [-0.15, -0.1) is 0 Å². The number of aromatic nitrogens is 7. The summed E-state index contributed by atoms with van der Waals surface area (Å²) in [6.07, 6.45) is 0. The van der Waals surface area contributed by atoms with Crippen LogP contribution in [0.25, 0.3) is 102 Å². The normalized spacial score (nSPS) is 11.3. The predicted molar refractivity (Wildman–Crippen MR) is 242 cm³/mol. The SMILES string of the molecule is c1ccc(-c2ccccc2-c2nc(-c3ccccc3-n3c(-c4ccccc4)nc4ccccc43)nc(-c3ccccc3-n3c(-c4ccccc4)nc4ccccc43)n2)cc1. The van der Waals surface area contributed by atoms with Crippen molar-refractivity contribution in [3.8, 4) is 79.4 Å². The van der Waals surface area contributed by atoms with Crippen LogP contribution in [0.2, 0.25) is 0 Å². The largest absolute Gasteiger partial charge is 0.292 e. The molecule has 0 saturated carbocycles. The number of hydrogen-bond donors (Lipinski definition) is 0. The van der Waals surface area contributed by atoms with Gasteiger partial charge in [-0.1, -0.05) is 164 Å². The average molecular weight is 770 g/mol. The van der Waals surface area contributed by atoms with Crippen molar-refractivity contribution in [2.45, 2.75) is 0 Å². The summed E-state index contributed by atoms with van der Waals surface area (Å²) in [5.41, 5.74) is 12.3. The Kier molecular flexibility index (Phi) is 8.67. The minimum atomic E-state index is 0.541. The number of imidazole rings is 2. The molecule has 8 aromatic carbocycles. The Morgan fingerprint density at radius 2 is 0.583 bits per heavy atom. The number of hydrogen-bond acceptors (Lipinski definition) is 5. The second kappa shape index (κ2) is 14.9. The Labute approximate surface area is 346 Å². The van der Waals surface area contributed by atoms with E-state index in [4.69, 9.17) is 24.9 Å². The Hall–Kier alpha value is -8.29. The fraction of sp³-hybridized carbons (Fsp3) is 0. The first kappa shape index (κ1) is 34.9. The molecule has 0 amide bonds. The topological polar surface area (TPSA) is 74.3 Å². The van der Waals surface area contributed by atoms with Gasteiger partial charge in [-0.05, 0) is 59.7 Å². The van der Waals surface area contributed by atoms with E-state index in [0.717, 1.165) is 84.0 Å². The Morgan fingerprint density at radius 3 is 1.05 bits per heavy atom. The van der Waals surface area contributed by atoms with Gasteiger partial charge in [-0.2, -0.15) is 0 Å². The summed E-state index contributed by atoms with van der Waals surface area (Å²) in [6, 6.07) is 72.5. The van der Waals surface area contributed by atoms with Crippen LogP contribution in [0.3, 0.4) is 0 Å². The lowest BCUT2D eigenvalue weighted by molar-refractivity contribution is 1.04. The zero-order valence-electron chi connectivity index (χ0n) is 32.3. The molecule has 3 heterocycles. The molecule has 0 saturated heterocycles. The lowest BCUT2D eigenvalue weighted by Gasteiger charge is -2.17. The molecule has 7 nitrogen and oxygen atoms in total. The third kappa shape index (κ3) is 6.13. The minimum Gasteiger partial charge on any atom is -0.292 e. The molecule has 7 heteroatoms. The fourth-order valence-corrected chi connectivity index (χ4v) is 8.10. The number of para-hydroxylation sites is 6. The summed E-state index contributed by atoms with van der Waals surface area (Å²) >= 11 is 0. The summed E-state index contributed by atoms with van der Waals surface area (Å²) < 4.78 is 4.44. The summed E-state index contributed by atoms with van der Waals surface area (Å²) in [6.45, 7) is 0. The van der Waals surface area contributed by atoms with Crippen LogP contribution in [0.5, 0.6) is 0 Å². The maximum absolute atomic E-state index is 5.42. The molecular weight excluding hydrogens is 735 g/mol. The smallest absolute Gasteiger partial charge is 0.166 e. The van der Waals surface area contributed by atoms with Crippen molar-refractivity contribution in [1.82, 2.24) is 34.1 Å². The van der Waals surface area contributed by atoms with E-state index in [1.807, 2.05) is 72.8 Å². The van der Waals surface area contributed by atoms with Crippen LogP contribution < -0.4 is 0 Å². The molecule has 0 radical (unpaired) electrons. The van der Waals surface area contributed by atoms with E-state index in [1.54, 1.807) is 0 Å². The van der Waals surface area contributed by atoms with E-state index >= 15 is 0 Å². The first-order chi connectivity index (χ1) is 29.8. The van der Waals surface area contributed by atoms with Gasteiger partial charge in [0.1, 0.15) is 11.6 Å². The molecule has 0 unspecified atom stereocenters. The zero-order valence-corrected chi connectivity index (χ0v) is 32.3. The van der Waals surface area contributed by atoms with Crippen LogP contribution in [0.15, 0.2) is 212 Å². The molecule has 0 N–H and O–H groups in total. The van der Waals surface area contributed by atoms with Crippen molar-refractivity contribution in [1.29, 1.82) is 0 Å². The van der Waals surface area contributed by atoms with Gasteiger partial charge in [0.2, 0.25) is 0 Å². The van der Waals surface area contributed by atoms with Crippen molar-refractivity contribution in [2.24, 2.45) is 0 Å². The molecule has 0 aliphatic heterocycles. The number of rotatable bonds is 8. The van der Waals surface area contributed by atoms with E-state index in [-0.39, 0.29) is 0 Å². The van der Waals surface area contributed by atoms with Crippen molar-refractivity contribution < 1.29 is 0 Å². The van der Waals surface area contributed by atoms with E-state index < -0.39 is 0 Å². The standard InChI is InChI=1S/C53H35N7/c1-4-20-36(21-5-1)39-26-10-11-27-40(39)49-56-50(41-28-12-16-32-45(41)59-47-34-18-14-30-43(47)54-52(59)37-22-6-2-7-23-37)58-51(57-49)42-29-13-17-33-46(42)60-48-35-19-15-31-44(48)55-53(60)38-24-8-3-9-25-38/h1-35H. The Balaban J connectivity index is 1.19. The molecule has 3 aromatic heterocycles. The molecule has 11 rings (SSSR count). The van der Waals surface area contributed by atoms with Gasteiger partial charge < -0.3 is 0 Å². The summed E-state index contributed by atoms with van der Waals surface area (Å²) in [4.78, 5) is 26.5. The first-order valence-electron chi connectivity index (χ1n) is 19.9. The van der Waals surface area contributed by atoms with E-state index in [0.29, 0.717) is 17.5 Å². The highest BCUT2D eigenvalue weighted by Gasteiger charge is 2.23. The van der Waals surface area contributed by atoms with Gasteiger partial charge in [0.15, 0.2) is 17.5 Å². The maximum Gasteiger partial charge on any atom is 0.166 e. The molecule has 0 aliphatic carbocycles. The Morgan fingerprint density at radius 1 is 0.250 bits per heavy atom. The summed E-state index contributed by atoms with van der Waals surface area (Å²) in [7, 11) is 0. The second-order valence-electron chi connectivity index (χ2n) is 14.5. The molecule has 0 spiro atoms. The molecule has 60 heavy (non-hydrogen) atoms. The van der Waals surface area contributed by atoms with Crippen molar-refractivity contribution in [2.75, 3.05) is 0 Å². The fourth-order valence-electron chi connectivity index (χ4n) is 8.10. The molecular formula is C53H35N7. The summed E-state index contributed by atoms with van der Waals surface area (Å²) in [5.74, 6) is 3.31. The van der Waals surface area contributed by atoms with Gasteiger partial charge in [-0.3, -0.25) is 9.13 Å². The minimum absolute atomic E-state index is 0.541. The van der Waals surface area contributed by atoms with Crippen LogP contribution in [-0.4, -0.2) is 34.1 Å².